The molecule has 0 aliphatic carbocycles. The van der Waals surface area contributed by atoms with E-state index in [9.17, 15) is 19.5 Å². The van der Waals surface area contributed by atoms with Crippen LogP contribution in [0.15, 0.2) is 48.5 Å². The summed E-state index contributed by atoms with van der Waals surface area (Å²) >= 11 is 0. The average molecular weight is 365 g/mol. The topological polar surface area (TPSA) is 105 Å². The maximum atomic E-state index is 11.6. The van der Waals surface area contributed by atoms with Crippen LogP contribution in [0.5, 0.6) is 11.5 Å². The molecule has 9 heteroatoms. The van der Waals surface area contributed by atoms with E-state index in [0.29, 0.717) is 11.3 Å². The largest absolute Gasteiger partial charge is 0.514 e. The number of carbonyl (C=O) groups is 1. The molecule has 0 bridgehead atoms. The Morgan fingerprint density at radius 3 is 2.12 bits per heavy atom. The summed E-state index contributed by atoms with van der Waals surface area (Å²) in [5.41, 5.74) is 0.585. The van der Waals surface area contributed by atoms with Gasteiger partial charge in [0.15, 0.2) is 0 Å². The van der Waals surface area contributed by atoms with Crippen LogP contribution in [0.2, 0.25) is 0 Å². The Kier molecular flexibility index (Phi) is 5.77. The molecule has 0 aliphatic heterocycles. The van der Waals surface area contributed by atoms with E-state index in [1.807, 2.05) is 0 Å². The third-order valence-electron chi connectivity index (χ3n) is 2.85. The van der Waals surface area contributed by atoms with Gasteiger partial charge in [0.2, 0.25) is 7.37 Å². The van der Waals surface area contributed by atoms with Crippen molar-refractivity contribution in [1.82, 2.24) is 0 Å². The fraction of sp³-hybridized carbons (Fsp3) is 0.188. The number of nitro benzene ring substituents is 1. The van der Waals surface area contributed by atoms with Crippen LogP contribution in [-0.2, 0) is 15.9 Å². The molecular weight excluding hydrogens is 349 g/mol. The van der Waals surface area contributed by atoms with Crippen LogP contribution in [-0.4, -0.2) is 24.4 Å². The van der Waals surface area contributed by atoms with Gasteiger partial charge in [0, 0.05) is 25.5 Å². The minimum atomic E-state index is -2.63. The lowest BCUT2D eigenvalue weighted by Gasteiger charge is -2.10. The quantitative estimate of drug-likeness (QED) is 0.248. The van der Waals surface area contributed by atoms with Gasteiger partial charge in [0.1, 0.15) is 18.1 Å². The molecule has 0 fully saturated rings. The second-order valence-corrected chi connectivity index (χ2v) is 8.07. The number of rotatable bonds is 6. The SMILES string of the molecule is CP(C)(=O)Oc1ccc(COC(=O)Oc2ccc([N+](=O)[O-])cc2)cc1. The predicted molar refractivity (Wildman–Crippen MR) is 90.4 cm³/mol. The van der Waals surface area contributed by atoms with Gasteiger partial charge in [0.25, 0.3) is 5.69 Å². The number of ether oxygens (including phenoxy) is 2. The molecule has 132 valence electrons. The van der Waals surface area contributed by atoms with E-state index >= 15 is 0 Å². The second-order valence-electron chi connectivity index (χ2n) is 5.38. The zero-order valence-electron chi connectivity index (χ0n) is 13.6. The highest BCUT2D eigenvalue weighted by Crippen LogP contribution is 2.38. The Labute approximate surface area is 143 Å². The lowest BCUT2D eigenvalue weighted by Crippen LogP contribution is -2.10. The van der Waals surface area contributed by atoms with Crippen molar-refractivity contribution < 1.29 is 28.3 Å². The van der Waals surface area contributed by atoms with E-state index in [2.05, 4.69) is 0 Å². The van der Waals surface area contributed by atoms with Crippen molar-refractivity contribution in [3.63, 3.8) is 0 Å². The molecule has 25 heavy (non-hydrogen) atoms. The smallest absolute Gasteiger partial charge is 0.443 e. The van der Waals surface area contributed by atoms with Gasteiger partial charge in [-0.15, -0.1) is 0 Å². The van der Waals surface area contributed by atoms with Crippen LogP contribution in [0.3, 0.4) is 0 Å². The molecule has 2 rings (SSSR count). The van der Waals surface area contributed by atoms with Gasteiger partial charge in [-0.05, 0) is 29.8 Å². The molecule has 2 aromatic rings. The summed E-state index contributed by atoms with van der Waals surface area (Å²) in [6, 6.07) is 11.6. The van der Waals surface area contributed by atoms with Crippen LogP contribution in [0, 0.1) is 10.1 Å². The van der Waals surface area contributed by atoms with E-state index in [1.54, 1.807) is 24.3 Å². The van der Waals surface area contributed by atoms with Crippen molar-refractivity contribution in [2.75, 3.05) is 13.3 Å². The first kappa shape index (κ1) is 18.5. The van der Waals surface area contributed by atoms with Gasteiger partial charge in [-0.25, -0.2) is 4.79 Å². The standard InChI is InChI=1S/C16H16NO7P/c1-25(2,21)24-15-7-3-12(4-8-15)11-22-16(18)23-14-9-5-13(6-10-14)17(19)20/h3-10H,11H2,1-2H3. The number of nitro groups is 1. The molecule has 0 amide bonds. The maximum absolute atomic E-state index is 11.6. The molecule has 0 saturated carbocycles. The van der Waals surface area contributed by atoms with Crippen molar-refractivity contribution >= 4 is 19.2 Å². The molecule has 2 aromatic carbocycles. The summed E-state index contributed by atoms with van der Waals surface area (Å²) in [6.07, 6.45) is -0.930. The number of benzene rings is 2. The number of carbonyl (C=O) groups excluding carboxylic acids is 1. The first-order valence-corrected chi connectivity index (χ1v) is 9.67. The lowest BCUT2D eigenvalue weighted by molar-refractivity contribution is -0.384. The van der Waals surface area contributed by atoms with Gasteiger partial charge in [-0.2, -0.15) is 0 Å². The Bertz CT molecular complexity index is 796. The van der Waals surface area contributed by atoms with E-state index in [4.69, 9.17) is 14.0 Å². The lowest BCUT2D eigenvalue weighted by atomic mass is 10.2. The minimum absolute atomic E-state index is 0.0258. The molecule has 0 saturated heterocycles. The average Bonchev–Trinajstić information content (AvgIpc) is 2.53. The third-order valence-corrected chi connectivity index (χ3v) is 3.50. The van der Waals surface area contributed by atoms with Gasteiger partial charge >= 0.3 is 6.16 Å². The molecule has 0 unspecified atom stereocenters. The van der Waals surface area contributed by atoms with Crippen LogP contribution in [0.25, 0.3) is 0 Å². The Hall–Kier alpha value is -2.86. The first-order valence-electron chi connectivity index (χ1n) is 7.15. The fourth-order valence-corrected chi connectivity index (χ4v) is 2.43. The molecule has 0 aromatic heterocycles. The predicted octanol–water partition coefficient (Wildman–Crippen LogP) is 4.23. The maximum Gasteiger partial charge on any atom is 0.514 e. The van der Waals surface area contributed by atoms with Gasteiger partial charge in [-0.3, -0.25) is 14.7 Å². The summed E-state index contributed by atoms with van der Waals surface area (Å²) in [5.74, 6) is 0.603. The van der Waals surface area contributed by atoms with Crippen LogP contribution < -0.4 is 9.26 Å². The minimum Gasteiger partial charge on any atom is -0.443 e. The number of non-ortho nitro benzene ring substituents is 1. The first-order chi connectivity index (χ1) is 11.7. The Balaban J connectivity index is 1.85. The van der Waals surface area contributed by atoms with E-state index in [1.165, 1.54) is 37.6 Å². The van der Waals surface area contributed by atoms with Crippen molar-refractivity contribution in [3.8, 4) is 11.5 Å². The Morgan fingerprint density at radius 1 is 1.04 bits per heavy atom. The Morgan fingerprint density at radius 2 is 1.60 bits per heavy atom. The zero-order valence-corrected chi connectivity index (χ0v) is 14.5. The van der Waals surface area contributed by atoms with E-state index in [0.717, 1.165) is 0 Å². The summed E-state index contributed by atoms with van der Waals surface area (Å²) in [4.78, 5) is 21.6. The van der Waals surface area contributed by atoms with E-state index < -0.39 is 18.4 Å². The molecule has 0 N–H and O–H groups in total. The third kappa shape index (κ3) is 6.27. The van der Waals surface area contributed by atoms with Gasteiger partial charge in [0.05, 0.1) is 4.92 Å². The molecular formula is C16H16NO7P. The summed E-state index contributed by atoms with van der Waals surface area (Å²) in [7, 11) is -2.63. The van der Waals surface area contributed by atoms with Crippen LogP contribution in [0.1, 0.15) is 5.56 Å². The highest BCUT2D eigenvalue weighted by Gasteiger charge is 2.11. The highest BCUT2D eigenvalue weighted by molar-refractivity contribution is 7.57. The molecule has 0 aliphatic rings. The zero-order chi connectivity index (χ0) is 18.4. The molecule has 8 nitrogen and oxygen atoms in total. The number of nitrogens with zero attached hydrogens (tertiary/aromatic N) is 1. The molecule has 0 spiro atoms. The molecule has 0 radical (unpaired) electrons. The van der Waals surface area contributed by atoms with Gasteiger partial charge < -0.3 is 14.0 Å². The normalized spacial score (nSPS) is 10.8. The molecule has 0 atom stereocenters. The van der Waals surface area contributed by atoms with Crippen molar-refractivity contribution in [2.45, 2.75) is 6.61 Å². The monoisotopic (exact) mass is 365 g/mol. The van der Waals surface area contributed by atoms with Gasteiger partial charge in [-0.1, -0.05) is 12.1 Å². The van der Waals surface area contributed by atoms with E-state index in [-0.39, 0.29) is 18.0 Å². The summed E-state index contributed by atoms with van der Waals surface area (Å²) in [5, 5.41) is 10.5. The summed E-state index contributed by atoms with van der Waals surface area (Å²) < 4.78 is 26.7. The summed E-state index contributed by atoms with van der Waals surface area (Å²) in [6.45, 7) is 3.00. The van der Waals surface area contributed by atoms with Crippen molar-refractivity contribution in [2.24, 2.45) is 0 Å². The fourth-order valence-electron chi connectivity index (χ4n) is 1.80. The van der Waals surface area contributed by atoms with Crippen molar-refractivity contribution in [3.05, 3.63) is 64.2 Å². The number of hydrogen-bond acceptors (Lipinski definition) is 7. The van der Waals surface area contributed by atoms with Crippen LogP contribution >= 0.6 is 7.37 Å². The molecule has 0 heterocycles. The van der Waals surface area contributed by atoms with Crippen molar-refractivity contribution in [1.29, 1.82) is 0 Å². The van der Waals surface area contributed by atoms with Crippen LogP contribution in [0.4, 0.5) is 10.5 Å². The highest BCUT2D eigenvalue weighted by atomic mass is 31.2. The second kappa shape index (κ2) is 7.81. The number of hydrogen-bond donors (Lipinski definition) is 0.